The molecule has 0 saturated carbocycles. The highest BCUT2D eigenvalue weighted by Gasteiger charge is 2.24. The van der Waals surface area contributed by atoms with Crippen molar-refractivity contribution >= 4 is 0 Å². The average Bonchev–Trinajstić information content (AvgIpc) is 3.31. The second-order valence-electron chi connectivity index (χ2n) is 12.5. The Labute approximate surface area is 241 Å². The molecule has 0 spiro atoms. The summed E-state index contributed by atoms with van der Waals surface area (Å²) in [7, 11) is 0. The fourth-order valence-corrected chi connectivity index (χ4v) is 6.19. The summed E-state index contributed by atoms with van der Waals surface area (Å²) in [4.78, 5) is 5.39. The molecular formula is C36H72N2. The predicted molar refractivity (Wildman–Crippen MR) is 173 cm³/mol. The first-order valence-electron chi connectivity index (χ1n) is 18.0. The Morgan fingerprint density at radius 2 is 0.605 bits per heavy atom. The van der Waals surface area contributed by atoms with Gasteiger partial charge in [-0.25, -0.2) is 0 Å². The van der Waals surface area contributed by atoms with Gasteiger partial charge in [-0.05, 0) is 25.7 Å². The summed E-state index contributed by atoms with van der Waals surface area (Å²) < 4.78 is 0. The molecule has 1 rings (SSSR count). The minimum atomic E-state index is 0.642. The van der Waals surface area contributed by atoms with Gasteiger partial charge in [-0.2, -0.15) is 0 Å². The van der Waals surface area contributed by atoms with Crippen molar-refractivity contribution in [2.24, 2.45) is 0 Å². The van der Waals surface area contributed by atoms with Crippen LogP contribution in [-0.2, 0) is 0 Å². The Hall–Kier alpha value is -0.660. The first-order chi connectivity index (χ1) is 18.8. The van der Waals surface area contributed by atoms with Crippen LogP contribution in [0.5, 0.6) is 0 Å². The molecule has 2 nitrogen and oxygen atoms in total. The molecule has 1 unspecified atom stereocenters. The number of unbranched alkanes of at least 4 members (excludes halogenated alkanes) is 24. The molecule has 0 aromatic rings. The minimum Gasteiger partial charge on any atom is -0.356 e. The van der Waals surface area contributed by atoms with E-state index < -0.39 is 0 Å². The van der Waals surface area contributed by atoms with E-state index >= 15 is 0 Å². The summed E-state index contributed by atoms with van der Waals surface area (Å²) in [6.07, 6.45) is 45.5. The highest BCUT2D eigenvalue weighted by atomic mass is 15.4. The molecule has 0 N–H and O–H groups in total. The van der Waals surface area contributed by atoms with E-state index in [2.05, 4.69) is 43.0 Å². The Morgan fingerprint density at radius 3 is 0.921 bits per heavy atom. The lowest BCUT2D eigenvalue weighted by Crippen LogP contribution is -2.39. The summed E-state index contributed by atoms with van der Waals surface area (Å²) >= 11 is 0. The highest BCUT2D eigenvalue weighted by molar-refractivity contribution is 4.97. The van der Waals surface area contributed by atoms with Gasteiger partial charge in [0.1, 0.15) is 6.17 Å². The zero-order valence-electron chi connectivity index (χ0n) is 26.8. The van der Waals surface area contributed by atoms with Gasteiger partial charge in [0.05, 0.1) is 0 Å². The summed E-state index contributed by atoms with van der Waals surface area (Å²) in [5, 5.41) is 0. The lowest BCUT2D eigenvalue weighted by Gasteiger charge is -2.33. The van der Waals surface area contributed by atoms with Crippen molar-refractivity contribution in [2.45, 2.75) is 207 Å². The van der Waals surface area contributed by atoms with Gasteiger partial charge < -0.3 is 9.80 Å². The average molecular weight is 533 g/mol. The van der Waals surface area contributed by atoms with Crippen molar-refractivity contribution in [1.29, 1.82) is 0 Å². The lowest BCUT2D eigenvalue weighted by molar-refractivity contribution is 0.135. The van der Waals surface area contributed by atoms with Crippen LogP contribution in [0.3, 0.4) is 0 Å². The Bertz CT molecular complexity index is 488. The maximum Gasteiger partial charge on any atom is 0.101 e. The Morgan fingerprint density at radius 1 is 0.342 bits per heavy atom. The molecule has 1 atom stereocenters. The molecule has 38 heavy (non-hydrogen) atoms. The van der Waals surface area contributed by atoms with Gasteiger partial charge >= 0.3 is 0 Å². The topological polar surface area (TPSA) is 6.48 Å². The SMILES string of the molecule is CCCCCCCCCCCCCCCCN1C=CN(CCCCCCCCCCC)C1CCCCCC. The molecule has 2 heteroatoms. The summed E-state index contributed by atoms with van der Waals surface area (Å²) in [5.74, 6) is 0. The van der Waals surface area contributed by atoms with Gasteiger partial charge in [-0.1, -0.05) is 175 Å². The first-order valence-corrected chi connectivity index (χ1v) is 18.0. The van der Waals surface area contributed by atoms with E-state index in [1.54, 1.807) is 0 Å². The van der Waals surface area contributed by atoms with Crippen molar-refractivity contribution in [2.75, 3.05) is 13.1 Å². The third-order valence-electron chi connectivity index (χ3n) is 8.82. The van der Waals surface area contributed by atoms with E-state index in [4.69, 9.17) is 0 Å². The number of hydrogen-bond donors (Lipinski definition) is 0. The van der Waals surface area contributed by atoms with Gasteiger partial charge in [0, 0.05) is 25.5 Å². The molecule has 0 amide bonds. The fraction of sp³-hybridized carbons (Fsp3) is 0.944. The van der Waals surface area contributed by atoms with Crippen LogP contribution in [0.15, 0.2) is 12.4 Å². The van der Waals surface area contributed by atoms with Crippen LogP contribution < -0.4 is 0 Å². The van der Waals surface area contributed by atoms with Crippen LogP contribution >= 0.6 is 0 Å². The number of hydrogen-bond acceptors (Lipinski definition) is 2. The summed E-state index contributed by atoms with van der Waals surface area (Å²) in [6.45, 7) is 9.48. The van der Waals surface area contributed by atoms with Crippen molar-refractivity contribution in [1.82, 2.24) is 9.80 Å². The fourth-order valence-electron chi connectivity index (χ4n) is 6.19. The highest BCUT2D eigenvalue weighted by Crippen LogP contribution is 2.24. The van der Waals surface area contributed by atoms with Crippen LogP contribution in [0.2, 0.25) is 0 Å². The maximum atomic E-state index is 2.69. The van der Waals surface area contributed by atoms with Gasteiger partial charge in [0.15, 0.2) is 0 Å². The molecule has 0 saturated heterocycles. The second kappa shape index (κ2) is 27.9. The van der Waals surface area contributed by atoms with Crippen molar-refractivity contribution in [3.63, 3.8) is 0 Å². The molecular weight excluding hydrogens is 460 g/mol. The monoisotopic (exact) mass is 533 g/mol. The number of nitrogens with zero attached hydrogens (tertiary/aromatic N) is 2. The molecule has 0 aromatic heterocycles. The van der Waals surface area contributed by atoms with E-state index in [1.165, 1.54) is 193 Å². The van der Waals surface area contributed by atoms with Gasteiger partial charge in [0.25, 0.3) is 0 Å². The zero-order valence-corrected chi connectivity index (χ0v) is 26.8. The minimum absolute atomic E-state index is 0.642. The van der Waals surface area contributed by atoms with Crippen LogP contribution in [0.25, 0.3) is 0 Å². The van der Waals surface area contributed by atoms with Crippen LogP contribution in [0.1, 0.15) is 201 Å². The predicted octanol–water partition coefficient (Wildman–Crippen LogP) is 12.4. The summed E-state index contributed by atoms with van der Waals surface area (Å²) in [5.41, 5.74) is 0. The first kappa shape index (κ1) is 35.4. The van der Waals surface area contributed by atoms with E-state index in [0.29, 0.717) is 6.17 Å². The largest absolute Gasteiger partial charge is 0.356 e. The molecule has 0 bridgehead atoms. The van der Waals surface area contributed by atoms with Gasteiger partial charge in [-0.3, -0.25) is 0 Å². The normalized spacial score (nSPS) is 15.3. The van der Waals surface area contributed by atoms with Gasteiger partial charge in [0.2, 0.25) is 0 Å². The quantitative estimate of drug-likeness (QED) is 0.0848. The molecule has 226 valence electrons. The third kappa shape index (κ3) is 20.3. The van der Waals surface area contributed by atoms with E-state index in [1.807, 2.05) is 0 Å². The Kier molecular flexibility index (Phi) is 26.0. The van der Waals surface area contributed by atoms with Gasteiger partial charge in [-0.15, -0.1) is 0 Å². The molecule has 1 aliphatic heterocycles. The van der Waals surface area contributed by atoms with Crippen molar-refractivity contribution in [3.05, 3.63) is 12.4 Å². The summed E-state index contributed by atoms with van der Waals surface area (Å²) in [6, 6.07) is 0. The lowest BCUT2D eigenvalue weighted by atomic mass is 10.0. The van der Waals surface area contributed by atoms with E-state index in [0.717, 1.165) is 0 Å². The molecule has 0 radical (unpaired) electrons. The van der Waals surface area contributed by atoms with Crippen molar-refractivity contribution < 1.29 is 0 Å². The zero-order chi connectivity index (χ0) is 27.4. The standard InChI is InChI=1S/C36H72N2/c1-4-7-10-13-15-17-18-19-20-21-23-25-27-30-33-38-35-34-37(36(38)31-28-12-9-6-3)32-29-26-24-22-16-14-11-8-5-2/h34-36H,4-33H2,1-3H3. The van der Waals surface area contributed by atoms with E-state index in [-0.39, 0.29) is 0 Å². The molecule has 0 aliphatic carbocycles. The molecule has 0 fully saturated rings. The van der Waals surface area contributed by atoms with Crippen molar-refractivity contribution in [3.8, 4) is 0 Å². The molecule has 1 aliphatic rings. The molecule has 1 heterocycles. The van der Waals surface area contributed by atoms with E-state index in [9.17, 15) is 0 Å². The van der Waals surface area contributed by atoms with Crippen LogP contribution in [0.4, 0.5) is 0 Å². The van der Waals surface area contributed by atoms with Crippen LogP contribution in [0, 0.1) is 0 Å². The third-order valence-corrected chi connectivity index (χ3v) is 8.82. The second-order valence-corrected chi connectivity index (χ2v) is 12.5. The van der Waals surface area contributed by atoms with Crippen LogP contribution in [-0.4, -0.2) is 29.1 Å². The number of rotatable bonds is 30. The smallest absolute Gasteiger partial charge is 0.101 e. The Balaban J connectivity index is 2.11. The molecule has 0 aromatic carbocycles. The maximum absolute atomic E-state index is 2.69.